The number of benzene rings is 2. The lowest BCUT2D eigenvalue weighted by Crippen LogP contribution is -2.49. The first-order valence-electron chi connectivity index (χ1n) is 9.26. The number of rotatable bonds is 3. The highest BCUT2D eigenvalue weighted by Gasteiger charge is 2.35. The van der Waals surface area contributed by atoms with Crippen LogP contribution in [0.2, 0.25) is 0 Å². The SMILES string of the molecule is Cc1cccc2c1N(C1CCN(S(=O)(=O)c3ccc(F)cc3F)CC1)COC2. The number of anilines is 1. The number of ether oxygens (including phenoxy) is 1. The molecule has 0 radical (unpaired) electrons. The Balaban J connectivity index is 1.52. The van der Waals surface area contributed by atoms with E-state index < -0.39 is 26.6 Å². The van der Waals surface area contributed by atoms with Crippen LogP contribution in [0.25, 0.3) is 0 Å². The normalized spacial score (nSPS) is 18.9. The van der Waals surface area contributed by atoms with Gasteiger partial charge in [-0.05, 0) is 37.5 Å². The number of hydrogen-bond donors (Lipinski definition) is 0. The number of halogens is 2. The highest BCUT2D eigenvalue weighted by molar-refractivity contribution is 7.89. The van der Waals surface area contributed by atoms with Gasteiger partial charge in [-0.1, -0.05) is 18.2 Å². The van der Waals surface area contributed by atoms with Gasteiger partial charge < -0.3 is 9.64 Å². The fourth-order valence-electron chi connectivity index (χ4n) is 4.07. The lowest BCUT2D eigenvalue weighted by molar-refractivity contribution is 0.0986. The van der Waals surface area contributed by atoms with Gasteiger partial charge in [0.05, 0.1) is 6.61 Å². The highest BCUT2D eigenvalue weighted by atomic mass is 32.2. The van der Waals surface area contributed by atoms with E-state index in [1.807, 2.05) is 12.1 Å². The third-order valence-electron chi connectivity index (χ3n) is 5.47. The third-order valence-corrected chi connectivity index (χ3v) is 7.40. The molecule has 4 rings (SSSR count). The summed E-state index contributed by atoms with van der Waals surface area (Å²) in [7, 11) is -3.99. The molecule has 1 saturated heterocycles. The van der Waals surface area contributed by atoms with E-state index in [0.717, 1.165) is 17.7 Å². The second kappa shape index (κ2) is 7.42. The van der Waals surface area contributed by atoms with Crippen molar-refractivity contribution in [3.63, 3.8) is 0 Å². The summed E-state index contributed by atoms with van der Waals surface area (Å²) < 4.78 is 59.7. The Kier molecular flexibility index (Phi) is 5.11. The molecule has 8 heteroatoms. The molecule has 0 saturated carbocycles. The topological polar surface area (TPSA) is 49.9 Å². The molecule has 0 aromatic heterocycles. The van der Waals surface area contributed by atoms with Crippen molar-refractivity contribution in [1.29, 1.82) is 0 Å². The van der Waals surface area contributed by atoms with E-state index in [9.17, 15) is 17.2 Å². The van der Waals surface area contributed by atoms with Crippen LogP contribution >= 0.6 is 0 Å². The van der Waals surface area contributed by atoms with Crippen LogP contribution in [0.1, 0.15) is 24.0 Å². The fraction of sp³-hybridized carbons (Fsp3) is 0.400. The van der Waals surface area contributed by atoms with Crippen LogP contribution < -0.4 is 4.90 Å². The molecule has 1 fully saturated rings. The predicted octanol–water partition coefficient (Wildman–Crippen LogP) is 3.42. The Hall–Kier alpha value is -2.03. The summed E-state index contributed by atoms with van der Waals surface area (Å²) in [6.45, 7) is 3.67. The van der Waals surface area contributed by atoms with Gasteiger partial charge in [-0.2, -0.15) is 4.31 Å². The maximum absolute atomic E-state index is 14.0. The van der Waals surface area contributed by atoms with Crippen molar-refractivity contribution in [2.75, 3.05) is 24.7 Å². The molecular formula is C20H22F2N2O3S. The van der Waals surface area contributed by atoms with Gasteiger partial charge in [-0.25, -0.2) is 17.2 Å². The molecule has 150 valence electrons. The van der Waals surface area contributed by atoms with Crippen molar-refractivity contribution in [2.24, 2.45) is 0 Å². The second-order valence-corrected chi connectivity index (χ2v) is 9.15. The Morgan fingerprint density at radius 1 is 1.11 bits per heavy atom. The number of aryl methyl sites for hydroxylation is 1. The van der Waals surface area contributed by atoms with Gasteiger partial charge in [-0.3, -0.25) is 0 Å². The van der Waals surface area contributed by atoms with E-state index in [4.69, 9.17) is 4.74 Å². The summed E-state index contributed by atoms with van der Waals surface area (Å²) in [5.74, 6) is -1.86. The molecule has 0 unspecified atom stereocenters. The van der Waals surface area contributed by atoms with Crippen LogP contribution in [-0.2, 0) is 21.4 Å². The summed E-state index contributed by atoms with van der Waals surface area (Å²) in [4.78, 5) is 1.73. The quantitative estimate of drug-likeness (QED) is 0.781. The zero-order chi connectivity index (χ0) is 19.9. The van der Waals surface area contributed by atoms with E-state index >= 15 is 0 Å². The number of hydrogen-bond acceptors (Lipinski definition) is 4. The third kappa shape index (κ3) is 3.40. The molecule has 5 nitrogen and oxygen atoms in total. The van der Waals surface area contributed by atoms with Gasteiger partial charge in [0.1, 0.15) is 23.3 Å². The molecular weight excluding hydrogens is 386 g/mol. The fourth-order valence-corrected chi connectivity index (χ4v) is 5.59. The molecule has 2 heterocycles. The van der Waals surface area contributed by atoms with Crippen LogP contribution in [-0.4, -0.2) is 38.6 Å². The summed E-state index contributed by atoms with van der Waals surface area (Å²) in [5, 5.41) is 0. The summed E-state index contributed by atoms with van der Waals surface area (Å²) in [6, 6.07) is 8.82. The second-order valence-electron chi connectivity index (χ2n) is 7.24. The van der Waals surface area contributed by atoms with Crippen LogP contribution in [0.15, 0.2) is 41.3 Å². The van der Waals surface area contributed by atoms with Crippen molar-refractivity contribution in [3.05, 3.63) is 59.2 Å². The largest absolute Gasteiger partial charge is 0.356 e. The summed E-state index contributed by atoms with van der Waals surface area (Å²) in [5.41, 5.74) is 3.47. The van der Waals surface area contributed by atoms with Gasteiger partial charge in [0.15, 0.2) is 0 Å². The standard InChI is InChI=1S/C20H22F2N2O3S/c1-14-3-2-4-15-12-27-13-24(20(14)15)17-7-9-23(10-8-17)28(25,26)19-6-5-16(21)11-18(19)22/h2-6,11,17H,7-10,12-13H2,1H3. The molecule has 2 aliphatic rings. The van der Waals surface area contributed by atoms with Crippen molar-refractivity contribution in [1.82, 2.24) is 4.31 Å². The minimum atomic E-state index is -3.99. The maximum Gasteiger partial charge on any atom is 0.245 e. The highest BCUT2D eigenvalue weighted by Crippen LogP contribution is 2.34. The van der Waals surface area contributed by atoms with Crippen molar-refractivity contribution < 1.29 is 21.9 Å². The van der Waals surface area contributed by atoms with Crippen molar-refractivity contribution in [2.45, 2.75) is 37.3 Å². The maximum atomic E-state index is 14.0. The predicted molar refractivity (Wildman–Crippen MR) is 101 cm³/mol. The molecule has 0 atom stereocenters. The van der Waals surface area contributed by atoms with Gasteiger partial charge in [0.25, 0.3) is 0 Å². The van der Waals surface area contributed by atoms with E-state index in [1.54, 1.807) is 0 Å². The lowest BCUT2D eigenvalue weighted by Gasteiger charge is -2.42. The summed E-state index contributed by atoms with van der Waals surface area (Å²) >= 11 is 0. The van der Waals surface area contributed by atoms with Gasteiger partial charge in [0, 0.05) is 36.4 Å². The molecule has 0 aliphatic carbocycles. The number of nitrogens with zero attached hydrogens (tertiary/aromatic N) is 2. The average Bonchev–Trinajstić information content (AvgIpc) is 2.67. The number of fused-ring (bicyclic) bond motifs is 1. The smallest absolute Gasteiger partial charge is 0.245 e. The van der Waals surface area contributed by atoms with Gasteiger partial charge in [0.2, 0.25) is 10.0 Å². The zero-order valence-electron chi connectivity index (χ0n) is 15.6. The molecule has 0 amide bonds. The minimum Gasteiger partial charge on any atom is -0.356 e. The Morgan fingerprint density at radius 2 is 1.86 bits per heavy atom. The number of para-hydroxylation sites is 1. The number of sulfonamides is 1. The van der Waals surface area contributed by atoms with Crippen LogP contribution in [0.5, 0.6) is 0 Å². The minimum absolute atomic E-state index is 0.143. The van der Waals surface area contributed by atoms with E-state index in [2.05, 4.69) is 17.9 Å². The van der Waals surface area contributed by atoms with Crippen LogP contribution in [0, 0.1) is 18.6 Å². The molecule has 28 heavy (non-hydrogen) atoms. The molecule has 0 spiro atoms. The zero-order valence-corrected chi connectivity index (χ0v) is 16.4. The monoisotopic (exact) mass is 408 g/mol. The van der Waals surface area contributed by atoms with Crippen LogP contribution in [0.4, 0.5) is 14.5 Å². The van der Waals surface area contributed by atoms with Gasteiger partial charge >= 0.3 is 0 Å². The molecule has 0 N–H and O–H groups in total. The van der Waals surface area contributed by atoms with Gasteiger partial charge in [-0.15, -0.1) is 0 Å². The summed E-state index contributed by atoms with van der Waals surface area (Å²) in [6.07, 6.45) is 1.22. The molecule has 2 aromatic rings. The van der Waals surface area contributed by atoms with Crippen molar-refractivity contribution in [3.8, 4) is 0 Å². The Morgan fingerprint density at radius 3 is 2.57 bits per heavy atom. The van der Waals surface area contributed by atoms with Crippen LogP contribution in [0.3, 0.4) is 0 Å². The van der Waals surface area contributed by atoms with E-state index in [-0.39, 0.29) is 19.1 Å². The molecule has 2 aromatic carbocycles. The first kappa shape index (κ1) is 19.3. The lowest BCUT2D eigenvalue weighted by atomic mass is 10.00. The Bertz CT molecular complexity index is 989. The van der Waals surface area contributed by atoms with E-state index in [1.165, 1.54) is 15.6 Å². The average molecular weight is 408 g/mol. The molecule has 2 aliphatic heterocycles. The Labute approximate surface area is 163 Å². The first-order chi connectivity index (χ1) is 13.4. The number of piperidine rings is 1. The first-order valence-corrected chi connectivity index (χ1v) is 10.7. The molecule has 0 bridgehead atoms. The van der Waals surface area contributed by atoms with Crippen molar-refractivity contribution >= 4 is 15.7 Å². The van der Waals surface area contributed by atoms with E-state index in [0.29, 0.717) is 32.2 Å².